The Morgan fingerprint density at radius 1 is 1.24 bits per heavy atom. The molecule has 106 valence electrons. The Labute approximate surface area is 124 Å². The van der Waals surface area contributed by atoms with E-state index in [9.17, 15) is 9.59 Å². The number of carboxylic acids is 1. The third-order valence-corrected chi connectivity index (χ3v) is 3.59. The Morgan fingerprint density at radius 2 is 2.00 bits per heavy atom. The number of aromatic amines is 1. The number of imidazole rings is 1. The lowest BCUT2D eigenvalue weighted by molar-refractivity contribution is 0.0697. The molecule has 0 unspecified atom stereocenters. The highest BCUT2D eigenvalue weighted by Crippen LogP contribution is 2.24. The van der Waals surface area contributed by atoms with E-state index in [0.29, 0.717) is 21.7 Å². The number of hydrogen-bond donors (Lipinski definition) is 2. The molecule has 3 rings (SSSR count). The Morgan fingerprint density at radius 3 is 2.71 bits per heavy atom. The van der Waals surface area contributed by atoms with Crippen LogP contribution in [0.4, 0.5) is 0 Å². The molecule has 0 aliphatic rings. The topological polar surface area (TPSA) is 75.1 Å². The van der Waals surface area contributed by atoms with Gasteiger partial charge in [-0.3, -0.25) is 4.57 Å². The summed E-state index contributed by atoms with van der Waals surface area (Å²) >= 11 is 6.17. The molecule has 0 saturated heterocycles. The summed E-state index contributed by atoms with van der Waals surface area (Å²) in [6.45, 7) is 1.91. The second kappa shape index (κ2) is 4.79. The van der Waals surface area contributed by atoms with Gasteiger partial charge >= 0.3 is 11.7 Å². The molecule has 2 N–H and O–H groups in total. The summed E-state index contributed by atoms with van der Waals surface area (Å²) in [5.41, 5.74) is 2.33. The molecule has 1 heterocycles. The minimum Gasteiger partial charge on any atom is -0.478 e. The molecule has 3 aromatic rings. The van der Waals surface area contributed by atoms with Crippen LogP contribution in [0.3, 0.4) is 0 Å². The standard InChI is InChI=1S/C15H11ClN2O3/c1-8-2-4-10(16)13(6-8)18-12-5-3-9(14(19)20)7-11(12)17-15(18)21/h2-7H,1H3,(H,17,21)(H,19,20). The van der Waals surface area contributed by atoms with Crippen molar-refractivity contribution in [3.8, 4) is 5.69 Å². The van der Waals surface area contributed by atoms with Gasteiger partial charge in [-0.15, -0.1) is 0 Å². The molecule has 0 atom stereocenters. The minimum absolute atomic E-state index is 0.117. The molecular formula is C15H11ClN2O3. The van der Waals surface area contributed by atoms with E-state index in [2.05, 4.69) is 4.98 Å². The fraction of sp³-hybridized carbons (Fsp3) is 0.0667. The normalized spacial score (nSPS) is 11.0. The van der Waals surface area contributed by atoms with E-state index in [4.69, 9.17) is 16.7 Å². The Kier molecular flexibility index (Phi) is 3.07. The molecule has 0 amide bonds. The monoisotopic (exact) mass is 302 g/mol. The van der Waals surface area contributed by atoms with E-state index in [0.717, 1.165) is 5.56 Å². The van der Waals surface area contributed by atoms with E-state index in [1.54, 1.807) is 12.1 Å². The number of benzene rings is 2. The number of carbonyl (C=O) groups is 1. The maximum Gasteiger partial charge on any atom is 0.335 e. The predicted molar refractivity (Wildman–Crippen MR) is 80.6 cm³/mol. The minimum atomic E-state index is -1.04. The van der Waals surface area contributed by atoms with Crippen molar-refractivity contribution in [2.45, 2.75) is 6.92 Å². The maximum atomic E-state index is 12.2. The van der Waals surface area contributed by atoms with Crippen LogP contribution in [0.25, 0.3) is 16.7 Å². The average molecular weight is 303 g/mol. The van der Waals surface area contributed by atoms with Crippen molar-refractivity contribution in [3.63, 3.8) is 0 Å². The third kappa shape index (κ3) is 2.21. The van der Waals surface area contributed by atoms with Crippen LogP contribution in [0.2, 0.25) is 5.02 Å². The number of aromatic carboxylic acids is 1. The molecule has 6 heteroatoms. The van der Waals surface area contributed by atoms with Gasteiger partial charge in [0.05, 0.1) is 27.3 Å². The van der Waals surface area contributed by atoms with Crippen molar-refractivity contribution in [2.24, 2.45) is 0 Å². The van der Waals surface area contributed by atoms with Crippen molar-refractivity contribution in [2.75, 3.05) is 0 Å². The van der Waals surface area contributed by atoms with Gasteiger partial charge in [-0.2, -0.15) is 0 Å². The summed E-state index contributed by atoms with van der Waals surface area (Å²) in [5.74, 6) is -1.04. The highest BCUT2D eigenvalue weighted by Gasteiger charge is 2.13. The summed E-state index contributed by atoms with van der Waals surface area (Å²) in [5, 5.41) is 9.45. The van der Waals surface area contributed by atoms with Crippen LogP contribution in [0.1, 0.15) is 15.9 Å². The van der Waals surface area contributed by atoms with E-state index in [-0.39, 0.29) is 11.3 Å². The molecule has 21 heavy (non-hydrogen) atoms. The average Bonchev–Trinajstić information content (AvgIpc) is 2.76. The van der Waals surface area contributed by atoms with Crippen LogP contribution >= 0.6 is 11.6 Å². The van der Waals surface area contributed by atoms with Crippen molar-refractivity contribution in [1.29, 1.82) is 0 Å². The van der Waals surface area contributed by atoms with Crippen LogP contribution in [-0.4, -0.2) is 20.6 Å². The van der Waals surface area contributed by atoms with Gasteiger partial charge < -0.3 is 10.1 Å². The zero-order chi connectivity index (χ0) is 15.1. The van der Waals surface area contributed by atoms with Crippen LogP contribution < -0.4 is 5.69 Å². The smallest absolute Gasteiger partial charge is 0.335 e. The first kappa shape index (κ1) is 13.5. The zero-order valence-corrected chi connectivity index (χ0v) is 11.8. The van der Waals surface area contributed by atoms with Gasteiger partial charge in [-0.1, -0.05) is 17.7 Å². The van der Waals surface area contributed by atoms with Gasteiger partial charge in [-0.25, -0.2) is 9.59 Å². The first-order chi connectivity index (χ1) is 9.97. The van der Waals surface area contributed by atoms with Crippen LogP contribution in [0.15, 0.2) is 41.2 Å². The summed E-state index contributed by atoms with van der Waals surface area (Å²) in [6.07, 6.45) is 0. The van der Waals surface area contributed by atoms with Crippen molar-refractivity contribution < 1.29 is 9.90 Å². The summed E-state index contributed by atoms with van der Waals surface area (Å²) in [7, 11) is 0. The highest BCUT2D eigenvalue weighted by molar-refractivity contribution is 6.32. The number of halogens is 1. The first-order valence-corrected chi connectivity index (χ1v) is 6.60. The molecule has 0 saturated carbocycles. The quantitative estimate of drug-likeness (QED) is 0.764. The fourth-order valence-electron chi connectivity index (χ4n) is 2.28. The van der Waals surface area contributed by atoms with Crippen molar-refractivity contribution in [3.05, 3.63) is 63.0 Å². The number of nitrogens with one attached hydrogen (secondary N) is 1. The Hall–Kier alpha value is -2.53. The van der Waals surface area contributed by atoms with E-state index in [1.807, 2.05) is 19.1 Å². The number of rotatable bonds is 2. The van der Waals surface area contributed by atoms with Gasteiger partial charge in [0, 0.05) is 0 Å². The molecule has 0 radical (unpaired) electrons. The van der Waals surface area contributed by atoms with Crippen LogP contribution in [0, 0.1) is 6.92 Å². The van der Waals surface area contributed by atoms with E-state index in [1.165, 1.54) is 16.7 Å². The highest BCUT2D eigenvalue weighted by atomic mass is 35.5. The molecule has 5 nitrogen and oxygen atoms in total. The van der Waals surface area contributed by atoms with Crippen LogP contribution in [0.5, 0.6) is 0 Å². The Balaban J connectivity index is 2.33. The second-order valence-corrected chi connectivity index (χ2v) is 5.16. The molecular weight excluding hydrogens is 292 g/mol. The summed E-state index contributed by atoms with van der Waals surface area (Å²) in [4.78, 5) is 25.8. The number of H-pyrrole nitrogens is 1. The van der Waals surface area contributed by atoms with Gasteiger partial charge in [-0.05, 0) is 42.8 Å². The molecule has 1 aromatic heterocycles. The molecule has 2 aromatic carbocycles. The molecule has 0 fully saturated rings. The van der Waals surface area contributed by atoms with E-state index < -0.39 is 5.97 Å². The number of aromatic nitrogens is 2. The summed E-state index contributed by atoms with van der Waals surface area (Å²) < 4.78 is 1.44. The summed E-state index contributed by atoms with van der Waals surface area (Å²) in [6, 6.07) is 9.87. The largest absolute Gasteiger partial charge is 0.478 e. The third-order valence-electron chi connectivity index (χ3n) is 3.27. The van der Waals surface area contributed by atoms with Crippen molar-refractivity contribution >= 4 is 28.6 Å². The SMILES string of the molecule is Cc1ccc(Cl)c(-n2c(=O)[nH]c3cc(C(=O)O)ccc32)c1. The predicted octanol–water partition coefficient (Wildman–Crippen LogP) is 2.98. The van der Waals surface area contributed by atoms with Gasteiger partial charge in [0.2, 0.25) is 0 Å². The lowest BCUT2D eigenvalue weighted by Gasteiger charge is -2.07. The van der Waals surface area contributed by atoms with Crippen LogP contribution in [-0.2, 0) is 0 Å². The maximum absolute atomic E-state index is 12.2. The second-order valence-electron chi connectivity index (χ2n) is 4.76. The Bertz CT molecular complexity index is 924. The molecule has 0 spiro atoms. The zero-order valence-electron chi connectivity index (χ0n) is 11.1. The number of fused-ring (bicyclic) bond motifs is 1. The van der Waals surface area contributed by atoms with Gasteiger partial charge in [0.1, 0.15) is 0 Å². The lowest BCUT2D eigenvalue weighted by Crippen LogP contribution is -2.15. The fourth-order valence-corrected chi connectivity index (χ4v) is 2.48. The number of nitrogens with zero attached hydrogens (tertiary/aromatic N) is 1. The lowest BCUT2D eigenvalue weighted by atomic mass is 10.2. The molecule has 0 aliphatic carbocycles. The number of hydrogen-bond acceptors (Lipinski definition) is 2. The molecule has 0 aliphatic heterocycles. The number of carboxylic acid groups (broad SMARTS) is 1. The van der Waals surface area contributed by atoms with Gasteiger partial charge in [0.15, 0.2) is 0 Å². The first-order valence-electron chi connectivity index (χ1n) is 6.22. The van der Waals surface area contributed by atoms with E-state index >= 15 is 0 Å². The van der Waals surface area contributed by atoms with Gasteiger partial charge in [0.25, 0.3) is 0 Å². The number of aryl methyl sites for hydroxylation is 1. The molecule has 0 bridgehead atoms. The van der Waals surface area contributed by atoms with Crippen molar-refractivity contribution in [1.82, 2.24) is 9.55 Å².